The Morgan fingerprint density at radius 1 is 1.26 bits per heavy atom. The second-order valence-electron chi connectivity index (χ2n) is 6.36. The minimum atomic E-state index is -0.371. The molecular weight excluding hydrogens is 348 g/mol. The van der Waals surface area contributed by atoms with Crippen LogP contribution in [-0.2, 0) is 9.53 Å². The summed E-state index contributed by atoms with van der Waals surface area (Å²) in [6.45, 7) is 3.42. The van der Waals surface area contributed by atoms with Gasteiger partial charge in [-0.1, -0.05) is 0 Å². The molecule has 10 heteroatoms. The van der Waals surface area contributed by atoms with Crippen molar-refractivity contribution in [1.82, 2.24) is 30.1 Å². The number of pyridine rings is 1. The molecule has 1 amide bonds. The molecule has 1 fully saturated rings. The van der Waals surface area contributed by atoms with Crippen LogP contribution in [0.25, 0.3) is 22.8 Å². The van der Waals surface area contributed by atoms with Crippen molar-refractivity contribution in [2.24, 2.45) is 0 Å². The standard InChI is InChI=1S/C17H16N8O2.H2/c1-9-10(2-3-11(21-9)14-19-8-20-24-14)12-6-18-15-16(22-12)25-4-5-27-7-13(25)17(26)23-15;/h2-3,6,8,13H,4-5,7H2,1H3,(H,18,23,26)(H,19,20,24);1H. The Kier molecular flexibility index (Phi) is 3.57. The molecule has 2 aliphatic heterocycles. The van der Waals surface area contributed by atoms with Gasteiger partial charge in [0.2, 0.25) is 0 Å². The number of nitrogens with zero attached hydrogens (tertiary/aromatic N) is 6. The SMILES string of the molecule is Cc1nc(-c2ncn[nH]2)ccc1-c1cnc2c(n1)N1CCOCC1C(=O)N2.[HH]. The third kappa shape index (κ3) is 2.61. The van der Waals surface area contributed by atoms with Crippen LogP contribution in [0.15, 0.2) is 24.7 Å². The highest BCUT2D eigenvalue weighted by Crippen LogP contribution is 2.32. The first-order valence-electron chi connectivity index (χ1n) is 8.57. The van der Waals surface area contributed by atoms with Gasteiger partial charge in [0.05, 0.1) is 25.1 Å². The Morgan fingerprint density at radius 2 is 2.19 bits per heavy atom. The number of aromatic amines is 1. The summed E-state index contributed by atoms with van der Waals surface area (Å²) in [5.41, 5.74) is 3.08. The minimum Gasteiger partial charge on any atom is -0.377 e. The van der Waals surface area contributed by atoms with Crippen LogP contribution in [0.4, 0.5) is 11.6 Å². The van der Waals surface area contributed by atoms with E-state index in [1.807, 2.05) is 24.0 Å². The molecule has 2 N–H and O–H groups in total. The number of morpholine rings is 1. The molecule has 0 radical (unpaired) electrons. The van der Waals surface area contributed by atoms with Gasteiger partial charge in [0.15, 0.2) is 17.5 Å². The van der Waals surface area contributed by atoms with E-state index in [4.69, 9.17) is 9.72 Å². The van der Waals surface area contributed by atoms with Crippen molar-refractivity contribution >= 4 is 17.5 Å². The van der Waals surface area contributed by atoms with Gasteiger partial charge in [-0.15, -0.1) is 0 Å². The maximum Gasteiger partial charge on any atom is 0.250 e. The summed E-state index contributed by atoms with van der Waals surface area (Å²) < 4.78 is 5.43. The zero-order valence-electron chi connectivity index (χ0n) is 14.5. The molecule has 138 valence electrons. The van der Waals surface area contributed by atoms with Crippen LogP contribution in [-0.4, -0.2) is 61.8 Å². The number of carbonyl (C=O) groups is 1. The number of hydrogen-bond donors (Lipinski definition) is 2. The van der Waals surface area contributed by atoms with Gasteiger partial charge in [-0.05, 0) is 19.1 Å². The number of rotatable bonds is 2. The van der Waals surface area contributed by atoms with E-state index >= 15 is 0 Å². The van der Waals surface area contributed by atoms with Crippen LogP contribution >= 0.6 is 0 Å². The van der Waals surface area contributed by atoms with Crippen LogP contribution in [0, 0.1) is 6.92 Å². The van der Waals surface area contributed by atoms with Crippen LogP contribution in [0.2, 0.25) is 0 Å². The van der Waals surface area contributed by atoms with Crippen LogP contribution < -0.4 is 10.2 Å². The number of carbonyl (C=O) groups excluding carboxylic acids is 1. The number of amides is 1. The van der Waals surface area contributed by atoms with Gasteiger partial charge in [0.1, 0.15) is 18.1 Å². The summed E-state index contributed by atoms with van der Waals surface area (Å²) in [5.74, 6) is 1.64. The summed E-state index contributed by atoms with van der Waals surface area (Å²) in [5, 5.41) is 9.47. The molecule has 0 aromatic carbocycles. The Bertz CT molecular complexity index is 1030. The first kappa shape index (κ1) is 15.8. The van der Waals surface area contributed by atoms with E-state index in [9.17, 15) is 4.79 Å². The second kappa shape index (κ2) is 6.09. The average Bonchev–Trinajstić information content (AvgIpc) is 3.23. The van der Waals surface area contributed by atoms with Crippen molar-refractivity contribution in [1.29, 1.82) is 0 Å². The maximum absolute atomic E-state index is 12.2. The lowest BCUT2D eigenvalue weighted by atomic mass is 10.1. The van der Waals surface area contributed by atoms with Crippen molar-refractivity contribution in [3.8, 4) is 22.8 Å². The first-order valence-corrected chi connectivity index (χ1v) is 8.57. The molecule has 1 atom stereocenters. The van der Waals surface area contributed by atoms with Crippen molar-refractivity contribution in [2.75, 3.05) is 30.0 Å². The van der Waals surface area contributed by atoms with Crippen molar-refractivity contribution < 1.29 is 11.0 Å². The third-order valence-corrected chi connectivity index (χ3v) is 4.72. The molecule has 0 spiro atoms. The molecule has 27 heavy (non-hydrogen) atoms. The van der Waals surface area contributed by atoms with E-state index in [2.05, 4.69) is 30.5 Å². The molecule has 10 nitrogen and oxygen atoms in total. The largest absolute Gasteiger partial charge is 0.377 e. The number of nitrogens with one attached hydrogen (secondary N) is 2. The molecule has 0 saturated carbocycles. The van der Waals surface area contributed by atoms with Crippen LogP contribution in [0.1, 0.15) is 7.12 Å². The van der Waals surface area contributed by atoms with Crippen LogP contribution in [0.3, 0.4) is 0 Å². The Morgan fingerprint density at radius 3 is 3.00 bits per heavy atom. The molecule has 0 aliphatic carbocycles. The Labute approximate surface area is 155 Å². The highest BCUT2D eigenvalue weighted by molar-refractivity contribution is 6.02. The lowest BCUT2D eigenvalue weighted by molar-refractivity contribution is -0.120. The Balaban J connectivity index is 0.00000192. The maximum atomic E-state index is 12.2. The van der Waals surface area contributed by atoms with Gasteiger partial charge in [0.25, 0.3) is 5.91 Å². The lowest BCUT2D eigenvalue weighted by Crippen LogP contribution is -2.55. The lowest BCUT2D eigenvalue weighted by Gasteiger charge is -2.39. The molecule has 0 bridgehead atoms. The Hall–Kier alpha value is -3.40. The third-order valence-electron chi connectivity index (χ3n) is 4.72. The van der Waals surface area contributed by atoms with Gasteiger partial charge in [-0.25, -0.2) is 19.9 Å². The fraction of sp³-hybridized carbons (Fsp3) is 0.294. The molecule has 2 aliphatic rings. The number of aryl methyl sites for hydroxylation is 1. The summed E-state index contributed by atoms with van der Waals surface area (Å²) >= 11 is 0. The first-order chi connectivity index (χ1) is 13.2. The predicted molar refractivity (Wildman–Crippen MR) is 98.1 cm³/mol. The highest BCUT2D eigenvalue weighted by Gasteiger charge is 2.37. The average molecular weight is 366 g/mol. The summed E-state index contributed by atoms with van der Waals surface area (Å²) in [4.78, 5) is 32.1. The van der Waals surface area contributed by atoms with Gasteiger partial charge in [-0.3, -0.25) is 9.89 Å². The molecule has 5 heterocycles. The topological polar surface area (TPSA) is 122 Å². The molecular formula is C17H18N8O2. The van der Waals surface area contributed by atoms with Gasteiger partial charge in [0, 0.05) is 19.2 Å². The smallest absolute Gasteiger partial charge is 0.250 e. The number of hydrogen-bond acceptors (Lipinski definition) is 8. The fourth-order valence-corrected chi connectivity index (χ4v) is 3.36. The number of H-pyrrole nitrogens is 1. The van der Waals surface area contributed by atoms with E-state index in [1.165, 1.54) is 6.33 Å². The number of aromatic nitrogens is 6. The molecule has 1 saturated heterocycles. The zero-order valence-corrected chi connectivity index (χ0v) is 14.5. The fourth-order valence-electron chi connectivity index (χ4n) is 3.36. The second-order valence-corrected chi connectivity index (χ2v) is 6.36. The van der Waals surface area contributed by atoms with Crippen molar-refractivity contribution in [3.05, 3.63) is 30.4 Å². The van der Waals surface area contributed by atoms with E-state index in [0.717, 1.165) is 11.3 Å². The molecule has 1 unspecified atom stereocenters. The normalized spacial score (nSPS) is 18.6. The summed E-state index contributed by atoms with van der Waals surface area (Å²) in [6, 6.07) is 3.43. The van der Waals surface area contributed by atoms with Gasteiger partial charge >= 0.3 is 0 Å². The van der Waals surface area contributed by atoms with Gasteiger partial charge < -0.3 is 15.0 Å². The number of ether oxygens (including phenoxy) is 1. The van der Waals surface area contributed by atoms with E-state index in [0.29, 0.717) is 48.6 Å². The number of anilines is 2. The van der Waals surface area contributed by atoms with Crippen molar-refractivity contribution in [3.63, 3.8) is 0 Å². The van der Waals surface area contributed by atoms with Crippen molar-refractivity contribution in [2.45, 2.75) is 13.0 Å². The quantitative estimate of drug-likeness (QED) is 0.690. The predicted octanol–water partition coefficient (Wildman–Crippen LogP) is 1.04. The summed E-state index contributed by atoms with van der Waals surface area (Å²) in [7, 11) is 0. The highest BCUT2D eigenvalue weighted by atomic mass is 16.5. The zero-order chi connectivity index (χ0) is 18.4. The van der Waals surface area contributed by atoms with E-state index in [-0.39, 0.29) is 13.4 Å². The number of fused-ring (bicyclic) bond motifs is 3. The molecule has 3 aromatic heterocycles. The minimum absolute atomic E-state index is 0. The summed E-state index contributed by atoms with van der Waals surface area (Å²) in [6.07, 6.45) is 3.10. The van der Waals surface area contributed by atoms with E-state index in [1.54, 1.807) is 6.20 Å². The van der Waals surface area contributed by atoms with Crippen LogP contribution in [0.5, 0.6) is 0 Å². The molecule has 3 aromatic rings. The monoisotopic (exact) mass is 366 g/mol. The molecule has 5 rings (SSSR count). The van der Waals surface area contributed by atoms with Gasteiger partial charge in [-0.2, -0.15) is 5.10 Å². The van der Waals surface area contributed by atoms with E-state index < -0.39 is 0 Å².